The Balaban J connectivity index is 3.03. The minimum absolute atomic E-state index is 0.219. The van der Waals surface area contributed by atoms with E-state index in [-0.39, 0.29) is 10.1 Å². The van der Waals surface area contributed by atoms with Crippen molar-refractivity contribution in [3.63, 3.8) is 0 Å². The molecule has 1 N–H and O–H groups in total. The monoisotopic (exact) mass is 234 g/mol. The van der Waals surface area contributed by atoms with E-state index < -0.39 is 0 Å². The summed E-state index contributed by atoms with van der Waals surface area (Å²) < 4.78 is -0.350. The number of aliphatic hydroxyl groups excluding tert-OH is 1. The maximum Gasteiger partial charge on any atom is 0.113 e. The van der Waals surface area contributed by atoms with Crippen molar-refractivity contribution in [2.75, 3.05) is 0 Å². The van der Waals surface area contributed by atoms with Gasteiger partial charge in [-0.2, -0.15) is 0 Å². The SMILES string of the molecule is CC1(Br)C=C(O)C=CC(Cl)=C1. The van der Waals surface area contributed by atoms with Crippen LogP contribution in [0, 0.1) is 0 Å². The number of halogens is 2. The molecule has 0 saturated heterocycles. The van der Waals surface area contributed by atoms with Crippen molar-refractivity contribution in [2.45, 2.75) is 11.2 Å². The summed E-state index contributed by atoms with van der Waals surface area (Å²) in [4.78, 5) is 0. The van der Waals surface area contributed by atoms with Gasteiger partial charge >= 0.3 is 0 Å². The van der Waals surface area contributed by atoms with Crippen LogP contribution >= 0.6 is 27.5 Å². The Kier molecular flexibility index (Phi) is 2.45. The molecule has 1 aliphatic carbocycles. The van der Waals surface area contributed by atoms with E-state index in [4.69, 9.17) is 11.6 Å². The van der Waals surface area contributed by atoms with Crippen LogP contribution in [0.4, 0.5) is 0 Å². The van der Waals surface area contributed by atoms with Crippen LogP contribution in [0.5, 0.6) is 0 Å². The second-order valence-corrected chi connectivity index (χ2v) is 4.73. The van der Waals surface area contributed by atoms with E-state index in [1.807, 2.05) is 13.0 Å². The van der Waals surface area contributed by atoms with E-state index in [9.17, 15) is 5.11 Å². The first-order valence-corrected chi connectivity index (χ1v) is 4.34. The summed E-state index contributed by atoms with van der Waals surface area (Å²) >= 11 is 9.16. The van der Waals surface area contributed by atoms with Crippen LogP contribution in [0.3, 0.4) is 0 Å². The maximum atomic E-state index is 9.19. The summed E-state index contributed by atoms with van der Waals surface area (Å²) in [6.45, 7) is 1.90. The molecule has 1 unspecified atom stereocenters. The molecule has 0 fully saturated rings. The number of rotatable bonds is 0. The van der Waals surface area contributed by atoms with Gasteiger partial charge in [0.2, 0.25) is 0 Å². The van der Waals surface area contributed by atoms with E-state index in [0.29, 0.717) is 5.03 Å². The average Bonchev–Trinajstić information content (AvgIpc) is 1.89. The van der Waals surface area contributed by atoms with E-state index >= 15 is 0 Å². The molecule has 11 heavy (non-hydrogen) atoms. The zero-order valence-electron chi connectivity index (χ0n) is 6.01. The van der Waals surface area contributed by atoms with Gasteiger partial charge in [-0.3, -0.25) is 0 Å². The van der Waals surface area contributed by atoms with Crippen molar-refractivity contribution in [1.29, 1.82) is 0 Å². The molecule has 3 heteroatoms. The Morgan fingerprint density at radius 2 is 2.09 bits per heavy atom. The number of hydrogen-bond acceptors (Lipinski definition) is 1. The van der Waals surface area contributed by atoms with Gasteiger partial charge < -0.3 is 5.11 Å². The zero-order chi connectivity index (χ0) is 8.48. The highest BCUT2D eigenvalue weighted by Gasteiger charge is 2.16. The second kappa shape index (κ2) is 3.03. The highest BCUT2D eigenvalue weighted by Crippen LogP contribution is 2.27. The smallest absolute Gasteiger partial charge is 0.113 e. The van der Waals surface area contributed by atoms with E-state index in [0.717, 1.165) is 0 Å². The molecule has 0 radical (unpaired) electrons. The number of allylic oxidation sites excluding steroid dienone is 5. The van der Waals surface area contributed by atoms with Gasteiger partial charge in [0.25, 0.3) is 0 Å². The molecule has 60 valence electrons. The lowest BCUT2D eigenvalue weighted by Gasteiger charge is -2.10. The topological polar surface area (TPSA) is 20.2 Å². The fourth-order valence-corrected chi connectivity index (χ4v) is 1.76. The van der Waals surface area contributed by atoms with Crippen molar-refractivity contribution in [3.8, 4) is 0 Å². The lowest BCUT2D eigenvalue weighted by atomic mass is 10.1. The van der Waals surface area contributed by atoms with Gasteiger partial charge in [-0.25, -0.2) is 0 Å². The Morgan fingerprint density at radius 3 is 2.73 bits per heavy atom. The van der Waals surface area contributed by atoms with Crippen molar-refractivity contribution >= 4 is 27.5 Å². The third-order valence-electron chi connectivity index (χ3n) is 1.26. The molecule has 0 bridgehead atoms. The fraction of sp³-hybridized carbons (Fsp3) is 0.250. The van der Waals surface area contributed by atoms with Crippen LogP contribution in [0.2, 0.25) is 0 Å². The largest absolute Gasteiger partial charge is 0.508 e. The molecule has 0 amide bonds. The van der Waals surface area contributed by atoms with Gasteiger partial charge in [0, 0.05) is 5.03 Å². The molecule has 0 spiro atoms. The third kappa shape index (κ3) is 2.72. The van der Waals surface area contributed by atoms with Gasteiger partial charge in [-0.15, -0.1) is 0 Å². The third-order valence-corrected chi connectivity index (χ3v) is 1.96. The Morgan fingerprint density at radius 1 is 1.45 bits per heavy atom. The molecule has 1 nitrogen and oxygen atoms in total. The van der Waals surface area contributed by atoms with Gasteiger partial charge in [0.1, 0.15) is 5.76 Å². The normalized spacial score (nSPS) is 30.8. The highest BCUT2D eigenvalue weighted by atomic mass is 79.9. The highest BCUT2D eigenvalue weighted by molar-refractivity contribution is 9.10. The molecule has 0 aromatic heterocycles. The zero-order valence-corrected chi connectivity index (χ0v) is 8.35. The molecule has 0 heterocycles. The Hall–Kier alpha value is -0.210. The van der Waals surface area contributed by atoms with Crippen molar-refractivity contribution in [1.82, 2.24) is 0 Å². The summed E-state index contributed by atoms with van der Waals surface area (Å²) in [6, 6.07) is 0. The van der Waals surface area contributed by atoms with E-state index in [1.54, 1.807) is 18.2 Å². The molecule has 1 aliphatic rings. The van der Waals surface area contributed by atoms with E-state index in [1.165, 1.54) is 0 Å². The standard InChI is InChI=1S/C8H8BrClO/c1-8(9)4-6(10)2-3-7(11)5-8/h2-5,11H,1H3. The lowest BCUT2D eigenvalue weighted by molar-refractivity contribution is 0.429. The van der Waals surface area contributed by atoms with Crippen LogP contribution in [0.1, 0.15) is 6.92 Å². The number of hydrogen-bond donors (Lipinski definition) is 1. The molecule has 1 atom stereocenters. The summed E-state index contributed by atoms with van der Waals surface area (Å²) in [6.07, 6.45) is 6.71. The van der Waals surface area contributed by atoms with Gasteiger partial charge in [-0.05, 0) is 31.2 Å². The molecule has 1 rings (SSSR count). The maximum absolute atomic E-state index is 9.19. The first kappa shape index (κ1) is 8.88. The minimum atomic E-state index is -0.350. The summed E-state index contributed by atoms with van der Waals surface area (Å²) in [5.74, 6) is 0.219. The van der Waals surface area contributed by atoms with E-state index in [2.05, 4.69) is 15.9 Å². The quantitative estimate of drug-likeness (QED) is 0.639. The molecular formula is C8H8BrClO. The molecule has 0 saturated carbocycles. The molecule has 0 aromatic carbocycles. The Bertz CT molecular complexity index is 227. The lowest BCUT2D eigenvalue weighted by Crippen LogP contribution is -2.07. The molecule has 0 aliphatic heterocycles. The Labute approximate surface area is 79.2 Å². The minimum Gasteiger partial charge on any atom is -0.508 e. The predicted octanol–water partition coefficient (Wildman–Crippen LogP) is 3.27. The number of alkyl halides is 1. The summed E-state index contributed by atoms with van der Waals surface area (Å²) in [5, 5.41) is 9.81. The first-order chi connectivity index (χ1) is 4.99. The fourth-order valence-electron chi connectivity index (χ4n) is 0.862. The number of aliphatic hydroxyl groups is 1. The summed E-state index contributed by atoms with van der Waals surface area (Å²) in [5.41, 5.74) is 0. The van der Waals surface area contributed by atoms with Crippen LogP contribution in [-0.4, -0.2) is 9.43 Å². The van der Waals surface area contributed by atoms with Crippen molar-refractivity contribution in [3.05, 3.63) is 35.1 Å². The van der Waals surface area contributed by atoms with Gasteiger partial charge in [-0.1, -0.05) is 27.5 Å². The van der Waals surface area contributed by atoms with Crippen LogP contribution < -0.4 is 0 Å². The summed E-state index contributed by atoms with van der Waals surface area (Å²) in [7, 11) is 0. The first-order valence-electron chi connectivity index (χ1n) is 3.17. The van der Waals surface area contributed by atoms with Crippen LogP contribution in [0.15, 0.2) is 35.1 Å². The van der Waals surface area contributed by atoms with Gasteiger partial charge in [0.15, 0.2) is 0 Å². The average molecular weight is 236 g/mol. The molecular weight excluding hydrogens is 227 g/mol. The second-order valence-electron chi connectivity index (χ2n) is 2.58. The van der Waals surface area contributed by atoms with Crippen LogP contribution in [0.25, 0.3) is 0 Å². The molecule has 0 aromatic rings. The van der Waals surface area contributed by atoms with Gasteiger partial charge in [0.05, 0.1) is 4.32 Å². The van der Waals surface area contributed by atoms with Crippen molar-refractivity contribution < 1.29 is 5.11 Å². The van der Waals surface area contributed by atoms with Crippen molar-refractivity contribution in [2.24, 2.45) is 0 Å². The van der Waals surface area contributed by atoms with Crippen LogP contribution in [-0.2, 0) is 0 Å². The predicted molar refractivity (Wildman–Crippen MR) is 51.1 cm³/mol.